The SMILES string of the molecule is ClC1=CC(=C=C2C=C(Cl)[N-]C(Cl)=C2)[CH+]C(Cl)=N1. The number of halogens is 4. The molecule has 0 aromatic heterocycles. The van der Waals surface area contributed by atoms with Gasteiger partial charge in [0.15, 0.2) is 15.9 Å². The monoisotopic (exact) mass is 304 g/mol. The molecule has 0 radical (unpaired) electrons. The molecule has 2 rings (SSSR count). The molecule has 0 saturated carbocycles. The molecule has 2 nitrogen and oxygen atoms in total. The van der Waals surface area contributed by atoms with E-state index < -0.39 is 0 Å². The highest BCUT2D eigenvalue weighted by Crippen LogP contribution is 2.29. The van der Waals surface area contributed by atoms with Gasteiger partial charge in [0.1, 0.15) is 0 Å². The molecule has 0 aromatic rings. The number of hydrogen-bond acceptors (Lipinski definition) is 1. The molecule has 0 bridgehead atoms. The van der Waals surface area contributed by atoms with Gasteiger partial charge in [-0.05, 0) is 35.4 Å². The van der Waals surface area contributed by atoms with E-state index in [-0.39, 0.29) is 0 Å². The van der Waals surface area contributed by atoms with Crippen molar-refractivity contribution in [3.8, 4) is 0 Å². The summed E-state index contributed by atoms with van der Waals surface area (Å²) < 4.78 is 0. The zero-order valence-electron chi connectivity index (χ0n) is 8.22. The highest BCUT2D eigenvalue weighted by molar-refractivity contribution is 6.68. The van der Waals surface area contributed by atoms with Crippen molar-refractivity contribution in [1.29, 1.82) is 0 Å². The first-order valence-electron chi connectivity index (χ1n) is 4.46. The Morgan fingerprint density at radius 3 is 2.29 bits per heavy atom. The van der Waals surface area contributed by atoms with Crippen LogP contribution < -0.4 is 0 Å². The second-order valence-electron chi connectivity index (χ2n) is 3.13. The van der Waals surface area contributed by atoms with Crippen LogP contribution in [0.4, 0.5) is 0 Å². The Labute approximate surface area is 119 Å². The van der Waals surface area contributed by atoms with Crippen LogP contribution in [-0.2, 0) is 0 Å². The van der Waals surface area contributed by atoms with E-state index in [1.54, 1.807) is 24.6 Å². The van der Waals surface area contributed by atoms with Gasteiger partial charge in [-0.25, -0.2) is 0 Å². The summed E-state index contributed by atoms with van der Waals surface area (Å²) in [6, 6.07) is 0. The highest BCUT2D eigenvalue weighted by atomic mass is 35.5. The van der Waals surface area contributed by atoms with Crippen molar-refractivity contribution in [2.24, 2.45) is 4.99 Å². The molecule has 0 fully saturated rings. The quantitative estimate of drug-likeness (QED) is 0.345. The first-order valence-corrected chi connectivity index (χ1v) is 5.97. The summed E-state index contributed by atoms with van der Waals surface area (Å²) in [7, 11) is 0. The van der Waals surface area contributed by atoms with Gasteiger partial charge in [0.25, 0.3) is 0 Å². The third kappa shape index (κ3) is 3.60. The first kappa shape index (κ1) is 12.7. The van der Waals surface area contributed by atoms with Gasteiger partial charge in [0.2, 0.25) is 0 Å². The Bertz CT molecular complexity index is 526. The second-order valence-corrected chi connectivity index (χ2v) is 4.68. The summed E-state index contributed by atoms with van der Waals surface area (Å²) >= 11 is 23.1. The molecule has 6 heteroatoms. The molecule has 2 aliphatic heterocycles. The molecule has 0 amide bonds. The lowest BCUT2D eigenvalue weighted by Crippen LogP contribution is -1.96. The highest BCUT2D eigenvalue weighted by Gasteiger charge is 2.16. The fourth-order valence-electron chi connectivity index (χ4n) is 1.24. The van der Waals surface area contributed by atoms with E-state index >= 15 is 0 Å². The van der Waals surface area contributed by atoms with Crippen LogP contribution in [0, 0.1) is 6.42 Å². The van der Waals surface area contributed by atoms with Crippen LogP contribution in [0.3, 0.4) is 0 Å². The maximum Gasteiger partial charge on any atom is 0.195 e. The first-order chi connectivity index (χ1) is 8.02. The molecule has 0 aromatic carbocycles. The number of allylic oxidation sites excluding steroid dienone is 4. The van der Waals surface area contributed by atoms with Gasteiger partial charge < -0.3 is 5.32 Å². The molecule has 0 unspecified atom stereocenters. The Hall–Kier alpha value is -0.760. The van der Waals surface area contributed by atoms with Gasteiger partial charge in [0.05, 0.1) is 23.8 Å². The van der Waals surface area contributed by atoms with Crippen molar-refractivity contribution in [1.82, 2.24) is 0 Å². The Kier molecular flexibility index (Phi) is 3.93. The van der Waals surface area contributed by atoms with Crippen molar-refractivity contribution in [2.45, 2.75) is 0 Å². The number of nitrogens with zero attached hydrogens (tertiary/aromatic N) is 2. The second kappa shape index (κ2) is 5.26. The Balaban J connectivity index is 2.42. The molecular formula is C11H4Cl4N2. The Morgan fingerprint density at radius 1 is 1.06 bits per heavy atom. The summed E-state index contributed by atoms with van der Waals surface area (Å²) in [5, 5.41) is 5.03. The minimum absolute atomic E-state index is 0.297. The molecule has 86 valence electrons. The van der Waals surface area contributed by atoms with Gasteiger partial charge in [-0.1, -0.05) is 10.3 Å². The van der Waals surface area contributed by atoms with Crippen LogP contribution in [0.25, 0.3) is 5.32 Å². The molecule has 2 aliphatic rings. The third-order valence-corrected chi connectivity index (χ3v) is 2.59. The van der Waals surface area contributed by atoms with Gasteiger partial charge >= 0.3 is 0 Å². The largest absolute Gasteiger partial charge is 0.638 e. The van der Waals surface area contributed by atoms with E-state index in [0.29, 0.717) is 31.8 Å². The van der Waals surface area contributed by atoms with Crippen molar-refractivity contribution < 1.29 is 0 Å². The third-order valence-electron chi connectivity index (χ3n) is 1.81. The molecule has 0 atom stereocenters. The van der Waals surface area contributed by atoms with Gasteiger partial charge in [-0.15, -0.1) is 23.2 Å². The maximum absolute atomic E-state index is 5.78. The van der Waals surface area contributed by atoms with Crippen LogP contribution >= 0.6 is 46.4 Å². The van der Waals surface area contributed by atoms with E-state index in [2.05, 4.69) is 16.0 Å². The molecule has 0 saturated heterocycles. The van der Waals surface area contributed by atoms with Crippen LogP contribution in [0.5, 0.6) is 0 Å². The lowest BCUT2D eigenvalue weighted by atomic mass is 10.1. The summed E-state index contributed by atoms with van der Waals surface area (Å²) in [6.07, 6.45) is 6.54. The minimum Gasteiger partial charge on any atom is -0.638 e. The number of aliphatic imine (C=N–C) groups is 1. The van der Waals surface area contributed by atoms with E-state index in [1.807, 2.05) is 0 Å². The molecule has 0 N–H and O–H groups in total. The summed E-state index contributed by atoms with van der Waals surface area (Å²) in [4.78, 5) is 3.84. The van der Waals surface area contributed by atoms with E-state index in [0.717, 1.165) is 0 Å². The summed E-state index contributed by atoms with van der Waals surface area (Å²) in [5.74, 6) is 0. The van der Waals surface area contributed by atoms with Crippen molar-refractivity contribution >= 4 is 51.6 Å². The average Bonchev–Trinajstić information content (AvgIpc) is 2.13. The topological polar surface area (TPSA) is 26.5 Å². The molecule has 0 spiro atoms. The average molecular weight is 306 g/mol. The Morgan fingerprint density at radius 2 is 1.71 bits per heavy atom. The number of rotatable bonds is 0. The van der Waals surface area contributed by atoms with Crippen molar-refractivity contribution in [2.75, 3.05) is 0 Å². The fourth-order valence-corrected chi connectivity index (χ4v) is 2.16. The molecule has 0 aliphatic carbocycles. The molecule has 2 heterocycles. The maximum atomic E-state index is 5.78. The predicted octanol–water partition coefficient (Wildman–Crippen LogP) is 4.92. The van der Waals surface area contributed by atoms with Crippen molar-refractivity contribution in [3.63, 3.8) is 0 Å². The number of hydrogen-bond donors (Lipinski definition) is 0. The normalized spacial score (nSPS) is 19.3. The lowest BCUT2D eigenvalue weighted by Gasteiger charge is -2.22. The van der Waals surface area contributed by atoms with E-state index in [4.69, 9.17) is 46.4 Å². The van der Waals surface area contributed by atoms with Gasteiger partial charge in [0, 0.05) is 0 Å². The zero-order valence-corrected chi connectivity index (χ0v) is 11.2. The van der Waals surface area contributed by atoms with E-state index in [9.17, 15) is 0 Å². The van der Waals surface area contributed by atoms with Crippen LogP contribution in [0.15, 0.2) is 55.6 Å². The van der Waals surface area contributed by atoms with Crippen LogP contribution in [-0.4, -0.2) is 5.17 Å². The smallest absolute Gasteiger partial charge is 0.195 e. The fraction of sp³-hybridized carbons (Fsp3) is 0. The standard InChI is InChI=1S/C11H4Cl4N2/c12-8-2-6(3-9(13)16-8)1-7-4-10(14)17-11(15)5-7/h2-5H. The van der Waals surface area contributed by atoms with Crippen molar-refractivity contribution in [3.05, 3.63) is 62.3 Å². The van der Waals surface area contributed by atoms with Crippen LogP contribution in [0.2, 0.25) is 0 Å². The van der Waals surface area contributed by atoms with E-state index in [1.165, 1.54) is 0 Å². The minimum atomic E-state index is 0.297. The lowest BCUT2D eigenvalue weighted by molar-refractivity contribution is 1.42. The zero-order chi connectivity index (χ0) is 12.4. The summed E-state index contributed by atoms with van der Waals surface area (Å²) in [5.41, 5.74) is 4.43. The van der Waals surface area contributed by atoms with Gasteiger partial charge in [-0.2, -0.15) is 4.99 Å². The summed E-state index contributed by atoms with van der Waals surface area (Å²) in [6.45, 7) is 0. The molecule has 17 heavy (non-hydrogen) atoms. The predicted molar refractivity (Wildman–Crippen MR) is 73.3 cm³/mol. The van der Waals surface area contributed by atoms with Gasteiger partial charge in [-0.3, -0.25) is 0 Å². The molecular weight excluding hydrogens is 302 g/mol. The van der Waals surface area contributed by atoms with Crippen LogP contribution in [0.1, 0.15) is 0 Å².